The number of thiazole rings is 1. The van der Waals surface area contributed by atoms with Crippen LogP contribution in [0.2, 0.25) is 0 Å². The number of fused-ring (bicyclic) bond motifs is 1. The van der Waals surface area contributed by atoms with Crippen LogP contribution in [-0.2, 0) is 19.3 Å². The van der Waals surface area contributed by atoms with Gasteiger partial charge in [0.1, 0.15) is 0 Å². The fourth-order valence-electron chi connectivity index (χ4n) is 3.65. The van der Waals surface area contributed by atoms with Crippen LogP contribution in [0, 0.1) is 11.8 Å². The van der Waals surface area contributed by atoms with E-state index in [1.165, 1.54) is 41.3 Å². The van der Waals surface area contributed by atoms with Crippen LogP contribution in [0.4, 0.5) is 0 Å². The summed E-state index contributed by atoms with van der Waals surface area (Å²) < 4.78 is 0. The topological polar surface area (TPSA) is 69.5 Å². The minimum Gasteiger partial charge on any atom is -0.396 e. The van der Waals surface area contributed by atoms with E-state index in [9.17, 15) is 5.11 Å². The zero-order valence-electron chi connectivity index (χ0n) is 17.4. The monoisotopic (exact) mass is 394 g/mol. The van der Waals surface area contributed by atoms with Gasteiger partial charge >= 0.3 is 0 Å². The molecule has 27 heavy (non-hydrogen) atoms. The molecule has 0 aliphatic heterocycles. The van der Waals surface area contributed by atoms with Crippen LogP contribution in [0.5, 0.6) is 0 Å². The summed E-state index contributed by atoms with van der Waals surface area (Å²) in [4.78, 5) is 11.1. The first-order chi connectivity index (χ1) is 13.1. The molecule has 0 radical (unpaired) electrons. The molecule has 5 nitrogen and oxygen atoms in total. The Labute approximate surface area is 169 Å². The molecular formula is C21H38N4OS. The number of aliphatic hydroxyl groups excluding tert-OH is 1. The van der Waals surface area contributed by atoms with Gasteiger partial charge in [0.15, 0.2) is 5.96 Å². The van der Waals surface area contributed by atoms with Gasteiger partial charge in [0.25, 0.3) is 0 Å². The zero-order chi connectivity index (χ0) is 19.5. The van der Waals surface area contributed by atoms with Crippen LogP contribution in [0.15, 0.2) is 4.99 Å². The maximum absolute atomic E-state index is 9.28. The predicted octanol–water partition coefficient (Wildman–Crippen LogP) is 3.55. The first-order valence-corrected chi connectivity index (χ1v) is 11.5. The summed E-state index contributed by atoms with van der Waals surface area (Å²) in [5.74, 6) is 1.98. The Morgan fingerprint density at radius 1 is 1.26 bits per heavy atom. The second-order valence-corrected chi connectivity index (χ2v) is 9.11. The van der Waals surface area contributed by atoms with Crippen molar-refractivity contribution in [3.63, 3.8) is 0 Å². The lowest BCUT2D eigenvalue weighted by Crippen LogP contribution is -2.38. The largest absolute Gasteiger partial charge is 0.396 e. The molecule has 1 aromatic heterocycles. The van der Waals surface area contributed by atoms with E-state index in [0.29, 0.717) is 11.8 Å². The lowest BCUT2D eigenvalue weighted by molar-refractivity contribution is 0.245. The Morgan fingerprint density at radius 2 is 2.07 bits per heavy atom. The Hall–Kier alpha value is -1.14. The van der Waals surface area contributed by atoms with E-state index in [4.69, 9.17) is 9.98 Å². The second kappa shape index (κ2) is 12.3. The van der Waals surface area contributed by atoms with Crippen LogP contribution in [0.1, 0.15) is 68.5 Å². The minimum atomic E-state index is 0.245. The SMILES string of the molecule is CCNC(=NCC(CCO)CC(C)C)NCCCc1nc2c(s1)CCCC2. The summed E-state index contributed by atoms with van der Waals surface area (Å²) in [5.41, 5.74) is 1.36. The molecule has 1 aromatic rings. The summed E-state index contributed by atoms with van der Waals surface area (Å²) in [7, 11) is 0. The molecule has 1 atom stereocenters. The van der Waals surface area contributed by atoms with Crippen LogP contribution in [0.3, 0.4) is 0 Å². The van der Waals surface area contributed by atoms with Gasteiger partial charge in [-0.15, -0.1) is 11.3 Å². The summed E-state index contributed by atoms with van der Waals surface area (Å²) >= 11 is 1.92. The van der Waals surface area contributed by atoms with Crippen LogP contribution < -0.4 is 10.6 Å². The smallest absolute Gasteiger partial charge is 0.191 e. The highest BCUT2D eigenvalue weighted by Gasteiger charge is 2.15. The third-order valence-electron chi connectivity index (χ3n) is 4.94. The van der Waals surface area contributed by atoms with E-state index in [1.807, 2.05) is 11.3 Å². The van der Waals surface area contributed by atoms with E-state index >= 15 is 0 Å². The lowest BCUT2D eigenvalue weighted by atomic mass is 9.94. The average molecular weight is 395 g/mol. The summed E-state index contributed by atoms with van der Waals surface area (Å²) in [6, 6.07) is 0. The van der Waals surface area contributed by atoms with E-state index in [-0.39, 0.29) is 6.61 Å². The summed E-state index contributed by atoms with van der Waals surface area (Å²) in [5, 5.41) is 17.4. The number of aryl methyl sites for hydroxylation is 3. The molecule has 154 valence electrons. The molecule has 3 N–H and O–H groups in total. The van der Waals surface area contributed by atoms with Crippen molar-refractivity contribution in [1.82, 2.24) is 15.6 Å². The number of guanidine groups is 1. The van der Waals surface area contributed by atoms with Gasteiger partial charge in [0.2, 0.25) is 0 Å². The molecular weight excluding hydrogens is 356 g/mol. The van der Waals surface area contributed by atoms with Gasteiger partial charge < -0.3 is 15.7 Å². The predicted molar refractivity (Wildman–Crippen MR) is 116 cm³/mol. The molecule has 1 aliphatic rings. The van der Waals surface area contributed by atoms with Crippen molar-refractivity contribution in [1.29, 1.82) is 0 Å². The highest BCUT2D eigenvalue weighted by Crippen LogP contribution is 2.27. The number of hydrogen-bond donors (Lipinski definition) is 3. The van der Waals surface area contributed by atoms with E-state index < -0.39 is 0 Å². The van der Waals surface area contributed by atoms with Gasteiger partial charge in [0, 0.05) is 37.5 Å². The van der Waals surface area contributed by atoms with E-state index in [1.54, 1.807) is 0 Å². The molecule has 0 bridgehead atoms. The number of aromatic nitrogens is 1. The summed E-state index contributed by atoms with van der Waals surface area (Å²) in [6.07, 6.45) is 9.09. The van der Waals surface area contributed by atoms with E-state index in [2.05, 4.69) is 31.4 Å². The molecule has 0 saturated heterocycles. The molecule has 1 unspecified atom stereocenters. The number of nitrogens with one attached hydrogen (secondary N) is 2. The molecule has 0 aromatic carbocycles. The molecule has 0 fully saturated rings. The molecule has 1 aliphatic carbocycles. The van der Waals surface area contributed by atoms with Gasteiger partial charge in [-0.05, 0) is 63.7 Å². The number of nitrogens with zero attached hydrogens (tertiary/aromatic N) is 2. The molecule has 0 spiro atoms. The molecule has 0 amide bonds. The first-order valence-electron chi connectivity index (χ1n) is 10.7. The Morgan fingerprint density at radius 3 is 2.78 bits per heavy atom. The number of hydrogen-bond acceptors (Lipinski definition) is 4. The third-order valence-corrected chi connectivity index (χ3v) is 6.16. The van der Waals surface area contributed by atoms with Crippen LogP contribution in [0.25, 0.3) is 0 Å². The maximum Gasteiger partial charge on any atom is 0.191 e. The van der Waals surface area contributed by atoms with E-state index in [0.717, 1.165) is 51.3 Å². The zero-order valence-corrected chi connectivity index (χ0v) is 18.2. The van der Waals surface area contributed by atoms with Crippen molar-refractivity contribution >= 4 is 17.3 Å². The van der Waals surface area contributed by atoms with Crippen molar-refractivity contribution in [3.8, 4) is 0 Å². The van der Waals surface area contributed by atoms with Crippen molar-refractivity contribution in [2.75, 3.05) is 26.2 Å². The summed E-state index contributed by atoms with van der Waals surface area (Å²) in [6.45, 7) is 9.34. The lowest BCUT2D eigenvalue weighted by Gasteiger charge is -2.17. The first kappa shape index (κ1) is 22.2. The third kappa shape index (κ3) is 8.18. The van der Waals surface area contributed by atoms with Crippen molar-refractivity contribution in [3.05, 3.63) is 15.6 Å². The van der Waals surface area contributed by atoms with Crippen LogP contribution in [-0.4, -0.2) is 42.3 Å². The maximum atomic E-state index is 9.28. The fraction of sp³-hybridized carbons (Fsp3) is 0.810. The molecule has 6 heteroatoms. The Kier molecular flexibility index (Phi) is 10.1. The van der Waals surface area contributed by atoms with Gasteiger partial charge in [-0.1, -0.05) is 13.8 Å². The average Bonchev–Trinajstić information content (AvgIpc) is 3.05. The quantitative estimate of drug-likeness (QED) is 0.305. The molecule has 2 rings (SSSR count). The van der Waals surface area contributed by atoms with Gasteiger partial charge in [-0.3, -0.25) is 4.99 Å². The van der Waals surface area contributed by atoms with Crippen molar-refractivity contribution < 1.29 is 5.11 Å². The molecule has 0 saturated carbocycles. The highest BCUT2D eigenvalue weighted by molar-refractivity contribution is 7.11. The molecule has 1 heterocycles. The normalized spacial score (nSPS) is 15.7. The number of rotatable bonds is 11. The van der Waals surface area contributed by atoms with Crippen molar-refractivity contribution in [2.24, 2.45) is 16.8 Å². The second-order valence-electron chi connectivity index (χ2n) is 7.94. The number of aliphatic imine (C=N–C) groups is 1. The minimum absolute atomic E-state index is 0.245. The van der Waals surface area contributed by atoms with Gasteiger partial charge in [-0.2, -0.15) is 0 Å². The van der Waals surface area contributed by atoms with Gasteiger partial charge in [-0.25, -0.2) is 4.98 Å². The van der Waals surface area contributed by atoms with Gasteiger partial charge in [0.05, 0.1) is 10.7 Å². The standard InChI is InChI=1S/C21H38N4OS/c1-4-22-21(24-15-17(11-13-26)14-16(2)3)23-12-7-10-20-25-18-8-5-6-9-19(18)27-20/h16-17,26H,4-15H2,1-3H3,(H2,22,23,24). The van der Waals surface area contributed by atoms with Crippen LogP contribution >= 0.6 is 11.3 Å². The highest BCUT2D eigenvalue weighted by atomic mass is 32.1. The Bertz CT molecular complexity index is 547. The Balaban J connectivity index is 1.76. The number of aliphatic hydroxyl groups is 1. The van der Waals surface area contributed by atoms with Crippen molar-refractivity contribution in [2.45, 2.75) is 72.1 Å². The fourth-order valence-corrected chi connectivity index (χ4v) is 4.85.